The molecule has 3 heteroatoms. The third-order valence-corrected chi connectivity index (χ3v) is 2.85. The monoisotopic (exact) mass is 219 g/mol. The van der Waals surface area contributed by atoms with Gasteiger partial charge in [-0.1, -0.05) is 12.8 Å². The minimum Gasteiger partial charge on any atom is -0.465 e. The zero-order valence-electron chi connectivity index (χ0n) is 9.39. The molecule has 0 saturated carbocycles. The maximum absolute atomic E-state index is 11.8. The minimum atomic E-state index is 0.0956. The van der Waals surface area contributed by atoms with E-state index in [0.717, 1.165) is 31.7 Å². The molecule has 2 heterocycles. The lowest BCUT2D eigenvalue weighted by Crippen LogP contribution is -2.30. The summed E-state index contributed by atoms with van der Waals surface area (Å²) in [6, 6.07) is 3.66. The van der Waals surface area contributed by atoms with Crippen molar-refractivity contribution < 1.29 is 9.21 Å². The number of nitrogens with zero attached hydrogens (tertiary/aromatic N) is 1. The number of amides is 1. The first-order valence-electron chi connectivity index (χ1n) is 5.87. The molecule has 16 heavy (non-hydrogen) atoms. The van der Waals surface area contributed by atoms with Crippen LogP contribution in [-0.2, 0) is 4.79 Å². The van der Waals surface area contributed by atoms with Crippen LogP contribution >= 0.6 is 0 Å². The number of hydrogen-bond donors (Lipinski definition) is 0. The molecule has 0 radical (unpaired) electrons. The van der Waals surface area contributed by atoms with Gasteiger partial charge in [0.15, 0.2) is 0 Å². The van der Waals surface area contributed by atoms with E-state index in [0.29, 0.717) is 0 Å². The number of rotatable bonds is 2. The Morgan fingerprint density at radius 1 is 1.25 bits per heavy atom. The summed E-state index contributed by atoms with van der Waals surface area (Å²) in [5.74, 6) is 0.821. The summed E-state index contributed by atoms with van der Waals surface area (Å²) in [5, 5.41) is 0. The van der Waals surface area contributed by atoms with Crippen molar-refractivity contribution in [2.24, 2.45) is 0 Å². The molecule has 0 atom stereocenters. The first-order chi connectivity index (χ1) is 7.86. The molecule has 0 spiro atoms. The Kier molecular flexibility index (Phi) is 3.81. The van der Waals surface area contributed by atoms with Crippen LogP contribution in [0.3, 0.4) is 0 Å². The van der Waals surface area contributed by atoms with Gasteiger partial charge < -0.3 is 9.32 Å². The molecule has 0 N–H and O–H groups in total. The molecule has 1 amide bonds. The van der Waals surface area contributed by atoms with E-state index in [4.69, 9.17) is 4.42 Å². The van der Waals surface area contributed by atoms with Gasteiger partial charge in [0.2, 0.25) is 5.91 Å². The van der Waals surface area contributed by atoms with Crippen LogP contribution < -0.4 is 0 Å². The van der Waals surface area contributed by atoms with Gasteiger partial charge in [0.1, 0.15) is 5.76 Å². The molecule has 1 aromatic heterocycles. The normalized spacial score (nSPS) is 17.6. The van der Waals surface area contributed by atoms with Crippen molar-refractivity contribution in [2.75, 3.05) is 13.1 Å². The van der Waals surface area contributed by atoms with Crippen molar-refractivity contribution in [3.8, 4) is 0 Å². The fraction of sp³-hybridized carbons (Fsp3) is 0.462. The second-order valence-electron chi connectivity index (χ2n) is 4.09. The molecular weight excluding hydrogens is 202 g/mol. The SMILES string of the molecule is O=C(C=Cc1ccco1)N1CCCCCC1. The molecule has 1 aliphatic rings. The Balaban J connectivity index is 1.91. The maximum Gasteiger partial charge on any atom is 0.246 e. The van der Waals surface area contributed by atoms with Crippen LogP contribution in [-0.4, -0.2) is 23.9 Å². The molecule has 1 fully saturated rings. The number of carbonyl (C=O) groups is 1. The van der Waals surface area contributed by atoms with Crippen LogP contribution in [0.4, 0.5) is 0 Å². The average molecular weight is 219 g/mol. The Morgan fingerprint density at radius 2 is 2.00 bits per heavy atom. The molecule has 1 aromatic rings. The van der Waals surface area contributed by atoms with Gasteiger partial charge in [0.05, 0.1) is 6.26 Å². The molecule has 2 rings (SSSR count). The summed E-state index contributed by atoms with van der Waals surface area (Å²) in [7, 11) is 0. The first-order valence-corrected chi connectivity index (χ1v) is 5.87. The van der Waals surface area contributed by atoms with Crippen LogP contribution in [0, 0.1) is 0 Å². The van der Waals surface area contributed by atoms with Crippen LogP contribution in [0.2, 0.25) is 0 Å². The highest BCUT2D eigenvalue weighted by Crippen LogP contribution is 2.10. The summed E-state index contributed by atoms with van der Waals surface area (Å²) in [6.45, 7) is 1.78. The van der Waals surface area contributed by atoms with E-state index in [1.165, 1.54) is 12.8 Å². The number of carbonyl (C=O) groups excluding carboxylic acids is 1. The van der Waals surface area contributed by atoms with E-state index in [2.05, 4.69) is 0 Å². The Labute approximate surface area is 95.7 Å². The van der Waals surface area contributed by atoms with E-state index in [-0.39, 0.29) is 5.91 Å². The summed E-state index contributed by atoms with van der Waals surface area (Å²) >= 11 is 0. The smallest absolute Gasteiger partial charge is 0.246 e. The van der Waals surface area contributed by atoms with Crippen LogP contribution in [0.15, 0.2) is 28.9 Å². The molecular formula is C13H17NO2. The standard InChI is InChI=1S/C13H17NO2/c15-13(8-7-12-6-5-11-16-12)14-9-3-1-2-4-10-14/h5-8,11H,1-4,9-10H2. The van der Waals surface area contributed by atoms with E-state index >= 15 is 0 Å². The summed E-state index contributed by atoms with van der Waals surface area (Å²) in [4.78, 5) is 13.8. The lowest BCUT2D eigenvalue weighted by Gasteiger charge is -2.17. The van der Waals surface area contributed by atoms with Crippen molar-refractivity contribution in [1.29, 1.82) is 0 Å². The van der Waals surface area contributed by atoms with Gasteiger partial charge in [-0.05, 0) is 31.1 Å². The van der Waals surface area contributed by atoms with Crippen molar-refractivity contribution in [2.45, 2.75) is 25.7 Å². The van der Waals surface area contributed by atoms with Gasteiger partial charge >= 0.3 is 0 Å². The summed E-state index contributed by atoms with van der Waals surface area (Å²) in [5.41, 5.74) is 0. The lowest BCUT2D eigenvalue weighted by atomic mass is 10.2. The molecule has 1 aliphatic heterocycles. The van der Waals surface area contributed by atoms with Crippen LogP contribution in [0.5, 0.6) is 0 Å². The van der Waals surface area contributed by atoms with Crippen molar-refractivity contribution in [1.82, 2.24) is 4.90 Å². The first kappa shape index (κ1) is 11.0. The van der Waals surface area contributed by atoms with E-state index in [1.54, 1.807) is 18.4 Å². The predicted octanol–water partition coefficient (Wildman–Crippen LogP) is 2.70. The number of likely N-dealkylation sites (tertiary alicyclic amines) is 1. The predicted molar refractivity (Wildman–Crippen MR) is 62.8 cm³/mol. The van der Waals surface area contributed by atoms with E-state index in [9.17, 15) is 4.79 Å². The zero-order valence-corrected chi connectivity index (χ0v) is 9.39. The van der Waals surface area contributed by atoms with Gasteiger partial charge in [-0.3, -0.25) is 4.79 Å². The highest BCUT2D eigenvalue weighted by atomic mass is 16.3. The summed E-state index contributed by atoms with van der Waals surface area (Å²) < 4.78 is 5.14. The molecule has 0 aliphatic carbocycles. The highest BCUT2D eigenvalue weighted by Gasteiger charge is 2.12. The lowest BCUT2D eigenvalue weighted by molar-refractivity contribution is -0.125. The Hall–Kier alpha value is -1.51. The highest BCUT2D eigenvalue weighted by molar-refractivity contribution is 5.91. The third kappa shape index (κ3) is 2.99. The number of furan rings is 1. The van der Waals surface area contributed by atoms with Gasteiger partial charge in [0.25, 0.3) is 0 Å². The van der Waals surface area contributed by atoms with Crippen LogP contribution in [0.1, 0.15) is 31.4 Å². The van der Waals surface area contributed by atoms with Gasteiger partial charge in [-0.2, -0.15) is 0 Å². The van der Waals surface area contributed by atoms with E-state index in [1.807, 2.05) is 17.0 Å². The topological polar surface area (TPSA) is 33.5 Å². The summed E-state index contributed by atoms with van der Waals surface area (Å²) in [6.07, 6.45) is 9.67. The number of hydrogen-bond acceptors (Lipinski definition) is 2. The molecule has 0 unspecified atom stereocenters. The maximum atomic E-state index is 11.8. The van der Waals surface area contributed by atoms with Crippen LogP contribution in [0.25, 0.3) is 6.08 Å². The third-order valence-electron chi connectivity index (χ3n) is 2.85. The van der Waals surface area contributed by atoms with Crippen molar-refractivity contribution in [3.05, 3.63) is 30.2 Å². The quantitative estimate of drug-likeness (QED) is 0.716. The van der Waals surface area contributed by atoms with Gasteiger partial charge in [-0.15, -0.1) is 0 Å². The van der Waals surface area contributed by atoms with E-state index < -0.39 is 0 Å². The Morgan fingerprint density at radius 3 is 2.62 bits per heavy atom. The molecule has 0 aromatic carbocycles. The largest absolute Gasteiger partial charge is 0.465 e. The second-order valence-corrected chi connectivity index (χ2v) is 4.09. The molecule has 86 valence electrons. The Bertz CT molecular complexity index is 346. The van der Waals surface area contributed by atoms with Gasteiger partial charge in [-0.25, -0.2) is 0 Å². The average Bonchev–Trinajstić information content (AvgIpc) is 2.66. The molecule has 3 nitrogen and oxygen atoms in total. The molecule has 1 saturated heterocycles. The van der Waals surface area contributed by atoms with Crippen molar-refractivity contribution in [3.63, 3.8) is 0 Å². The van der Waals surface area contributed by atoms with Crippen molar-refractivity contribution >= 4 is 12.0 Å². The molecule has 0 bridgehead atoms. The second kappa shape index (κ2) is 5.54. The fourth-order valence-corrected chi connectivity index (χ4v) is 1.94. The van der Waals surface area contributed by atoms with Gasteiger partial charge in [0, 0.05) is 19.2 Å². The fourth-order valence-electron chi connectivity index (χ4n) is 1.94. The zero-order chi connectivity index (χ0) is 11.2. The minimum absolute atomic E-state index is 0.0956.